The number of ether oxygens (including phenoxy) is 2. The van der Waals surface area contributed by atoms with E-state index in [4.69, 9.17) is 9.47 Å². The Morgan fingerprint density at radius 1 is 0.946 bits per heavy atom. The predicted octanol–water partition coefficient (Wildman–Crippen LogP) is 5.36. The number of likely N-dealkylation sites (N-methyl/N-ethyl adjacent to an activating group) is 1. The lowest BCUT2D eigenvalue weighted by Gasteiger charge is -2.18. The van der Waals surface area contributed by atoms with Crippen molar-refractivity contribution in [2.24, 2.45) is 0 Å². The van der Waals surface area contributed by atoms with Gasteiger partial charge in [-0.05, 0) is 61.9 Å². The second-order valence-corrected chi connectivity index (χ2v) is 8.70. The number of nitrogens with zero attached hydrogens (tertiary/aromatic N) is 3. The molecule has 0 aliphatic carbocycles. The smallest absolute Gasteiger partial charge is 0.248 e. The zero-order valence-electron chi connectivity index (χ0n) is 21.2. The van der Waals surface area contributed by atoms with Gasteiger partial charge in [-0.3, -0.25) is 14.3 Å². The molecule has 0 aliphatic heterocycles. The van der Waals surface area contributed by atoms with Gasteiger partial charge >= 0.3 is 0 Å². The van der Waals surface area contributed by atoms with Crippen molar-refractivity contribution in [3.8, 4) is 17.2 Å². The Morgan fingerprint density at radius 2 is 1.62 bits per heavy atom. The second-order valence-electron chi connectivity index (χ2n) is 8.70. The van der Waals surface area contributed by atoms with Crippen molar-refractivity contribution in [3.05, 3.63) is 96.3 Å². The van der Waals surface area contributed by atoms with E-state index in [2.05, 4.69) is 10.4 Å². The Labute approximate surface area is 216 Å². The number of benzene rings is 3. The molecule has 0 saturated heterocycles. The molecular weight excluding hydrogens is 468 g/mol. The Morgan fingerprint density at radius 3 is 2.32 bits per heavy atom. The summed E-state index contributed by atoms with van der Waals surface area (Å²) < 4.78 is 13.0. The molecule has 8 nitrogen and oxygen atoms in total. The van der Waals surface area contributed by atoms with Crippen LogP contribution in [0.5, 0.6) is 17.2 Å². The van der Waals surface area contributed by atoms with E-state index < -0.39 is 0 Å². The highest BCUT2D eigenvalue weighted by Crippen LogP contribution is 2.24. The number of carbonyl (C=O) groups is 2. The standard InChI is InChI=1S/C29H30N4O4/c1-21-8-12-25(13-9-21)37-26-14-10-24(11-15-26)32(3)29(35)20-33-19-23(18-30-33)31-28(34)16-17-36-27-7-5-4-6-22(27)2/h4-15,18-19H,16-17,20H2,1-3H3,(H,31,34). The van der Waals surface area contributed by atoms with Gasteiger partial charge < -0.3 is 19.7 Å². The minimum absolute atomic E-state index is 0.0321. The number of anilines is 2. The van der Waals surface area contributed by atoms with E-state index in [1.165, 1.54) is 10.9 Å². The molecule has 0 atom stereocenters. The first-order chi connectivity index (χ1) is 17.9. The van der Waals surface area contributed by atoms with Gasteiger partial charge in [0.2, 0.25) is 11.8 Å². The van der Waals surface area contributed by atoms with Crippen LogP contribution in [0.3, 0.4) is 0 Å². The van der Waals surface area contributed by atoms with Crippen LogP contribution in [0.4, 0.5) is 11.4 Å². The minimum atomic E-state index is -0.190. The molecule has 0 unspecified atom stereocenters. The molecule has 2 amide bonds. The fourth-order valence-corrected chi connectivity index (χ4v) is 3.58. The maximum Gasteiger partial charge on any atom is 0.248 e. The Bertz CT molecular complexity index is 1350. The van der Waals surface area contributed by atoms with Gasteiger partial charge in [-0.15, -0.1) is 0 Å². The Kier molecular flexibility index (Phi) is 8.20. The quantitative estimate of drug-likeness (QED) is 0.318. The SMILES string of the molecule is Cc1ccc(Oc2ccc(N(C)C(=O)Cn3cc(NC(=O)CCOc4ccccc4C)cn3)cc2)cc1. The number of hydrogen-bond acceptors (Lipinski definition) is 5. The summed E-state index contributed by atoms with van der Waals surface area (Å²) >= 11 is 0. The number of hydrogen-bond donors (Lipinski definition) is 1. The van der Waals surface area contributed by atoms with Crippen LogP contribution in [0.25, 0.3) is 0 Å². The highest BCUT2D eigenvalue weighted by atomic mass is 16.5. The molecule has 4 rings (SSSR count). The maximum absolute atomic E-state index is 12.8. The van der Waals surface area contributed by atoms with Gasteiger partial charge in [-0.2, -0.15) is 5.10 Å². The summed E-state index contributed by atoms with van der Waals surface area (Å²) in [5.41, 5.74) is 3.44. The lowest BCUT2D eigenvalue weighted by molar-refractivity contribution is -0.119. The van der Waals surface area contributed by atoms with E-state index in [0.717, 1.165) is 28.3 Å². The molecule has 0 spiro atoms. The average molecular weight is 499 g/mol. The largest absolute Gasteiger partial charge is 0.493 e. The number of aromatic nitrogens is 2. The Balaban J connectivity index is 1.24. The maximum atomic E-state index is 12.8. The van der Waals surface area contributed by atoms with E-state index >= 15 is 0 Å². The molecule has 37 heavy (non-hydrogen) atoms. The van der Waals surface area contributed by atoms with Crippen molar-refractivity contribution >= 4 is 23.2 Å². The zero-order valence-corrected chi connectivity index (χ0v) is 21.2. The van der Waals surface area contributed by atoms with Crippen molar-refractivity contribution in [2.45, 2.75) is 26.8 Å². The third-order valence-corrected chi connectivity index (χ3v) is 5.75. The Hall–Kier alpha value is -4.59. The van der Waals surface area contributed by atoms with Gasteiger partial charge in [-0.1, -0.05) is 35.9 Å². The van der Waals surface area contributed by atoms with Crippen LogP contribution in [0.1, 0.15) is 17.5 Å². The molecule has 1 aromatic heterocycles. The van der Waals surface area contributed by atoms with Crippen LogP contribution in [0.15, 0.2) is 85.2 Å². The van der Waals surface area contributed by atoms with E-state index in [0.29, 0.717) is 11.4 Å². The topological polar surface area (TPSA) is 85.7 Å². The van der Waals surface area contributed by atoms with Crippen LogP contribution >= 0.6 is 0 Å². The van der Waals surface area contributed by atoms with Gasteiger partial charge in [0.05, 0.1) is 24.9 Å². The number of nitrogens with one attached hydrogen (secondary N) is 1. The summed E-state index contributed by atoms with van der Waals surface area (Å²) in [7, 11) is 1.71. The molecular formula is C29H30N4O4. The summed E-state index contributed by atoms with van der Waals surface area (Å²) in [6.07, 6.45) is 3.35. The van der Waals surface area contributed by atoms with E-state index in [1.54, 1.807) is 18.1 Å². The van der Waals surface area contributed by atoms with Gasteiger partial charge in [0.15, 0.2) is 0 Å². The fraction of sp³-hybridized carbons (Fsp3) is 0.207. The van der Waals surface area contributed by atoms with Crippen LogP contribution in [0.2, 0.25) is 0 Å². The molecule has 0 saturated carbocycles. The number of amides is 2. The summed E-state index contributed by atoms with van der Waals surface area (Å²) in [5.74, 6) is 1.86. The van der Waals surface area contributed by atoms with Crippen molar-refractivity contribution in [1.29, 1.82) is 0 Å². The lowest BCUT2D eigenvalue weighted by atomic mass is 10.2. The van der Waals surface area contributed by atoms with Gasteiger partial charge in [0.1, 0.15) is 23.8 Å². The normalized spacial score (nSPS) is 10.6. The molecule has 0 aliphatic rings. The number of aryl methyl sites for hydroxylation is 2. The second kappa shape index (κ2) is 11.9. The van der Waals surface area contributed by atoms with Gasteiger partial charge in [0.25, 0.3) is 0 Å². The summed E-state index contributed by atoms with van der Waals surface area (Å²) in [5, 5.41) is 6.98. The highest BCUT2D eigenvalue weighted by Gasteiger charge is 2.14. The number of carbonyl (C=O) groups excluding carboxylic acids is 2. The molecule has 1 heterocycles. The molecule has 4 aromatic rings. The van der Waals surface area contributed by atoms with Crippen molar-refractivity contribution in [1.82, 2.24) is 9.78 Å². The lowest BCUT2D eigenvalue weighted by Crippen LogP contribution is -2.30. The average Bonchev–Trinajstić information content (AvgIpc) is 3.33. The van der Waals surface area contributed by atoms with Crippen LogP contribution in [0, 0.1) is 13.8 Å². The molecule has 190 valence electrons. The molecule has 1 N–H and O–H groups in total. The molecule has 0 bridgehead atoms. The summed E-state index contributed by atoms with van der Waals surface area (Å²) in [6.45, 7) is 4.28. The number of para-hydroxylation sites is 1. The molecule has 8 heteroatoms. The monoisotopic (exact) mass is 498 g/mol. The molecule has 0 fully saturated rings. The third kappa shape index (κ3) is 7.20. The zero-order chi connectivity index (χ0) is 26.2. The van der Waals surface area contributed by atoms with Crippen LogP contribution < -0.4 is 19.7 Å². The number of rotatable bonds is 10. The first-order valence-corrected chi connectivity index (χ1v) is 12.0. The highest BCUT2D eigenvalue weighted by molar-refractivity contribution is 5.93. The first kappa shape index (κ1) is 25.5. The van der Waals surface area contributed by atoms with Crippen LogP contribution in [-0.2, 0) is 16.1 Å². The summed E-state index contributed by atoms with van der Waals surface area (Å²) in [6, 6.07) is 22.8. The molecule has 0 radical (unpaired) electrons. The van der Waals surface area contributed by atoms with Gasteiger partial charge in [-0.25, -0.2) is 0 Å². The first-order valence-electron chi connectivity index (χ1n) is 12.0. The van der Waals surface area contributed by atoms with Gasteiger partial charge in [0, 0.05) is 18.9 Å². The predicted molar refractivity (Wildman–Crippen MR) is 143 cm³/mol. The van der Waals surface area contributed by atoms with Crippen molar-refractivity contribution < 1.29 is 19.1 Å². The summed E-state index contributed by atoms with van der Waals surface area (Å²) in [4.78, 5) is 26.6. The minimum Gasteiger partial charge on any atom is -0.493 e. The fourth-order valence-electron chi connectivity index (χ4n) is 3.58. The van der Waals surface area contributed by atoms with E-state index in [9.17, 15) is 9.59 Å². The van der Waals surface area contributed by atoms with Crippen molar-refractivity contribution in [3.63, 3.8) is 0 Å². The van der Waals surface area contributed by atoms with E-state index in [1.807, 2.05) is 86.6 Å². The van der Waals surface area contributed by atoms with Crippen molar-refractivity contribution in [2.75, 3.05) is 23.9 Å². The van der Waals surface area contributed by atoms with E-state index in [-0.39, 0.29) is 31.4 Å². The molecule has 3 aromatic carbocycles. The van der Waals surface area contributed by atoms with Crippen LogP contribution in [-0.4, -0.2) is 35.2 Å². The third-order valence-electron chi connectivity index (χ3n) is 5.75.